The average molecular weight is 254 g/mol. The molecule has 0 aliphatic heterocycles. The third-order valence-corrected chi connectivity index (χ3v) is 2.08. The Bertz CT molecular complexity index is 246. The Balaban J connectivity index is 4.32. The van der Waals surface area contributed by atoms with E-state index in [-0.39, 0.29) is 18.9 Å². The van der Waals surface area contributed by atoms with E-state index in [4.69, 9.17) is 11.6 Å². The largest absolute Gasteiger partial charge is 0.469 e. The number of alkyl halides is 2. The maximum atomic E-state index is 12.7. The van der Waals surface area contributed by atoms with Crippen molar-refractivity contribution < 1.29 is 18.7 Å². The highest BCUT2D eigenvalue weighted by molar-refractivity contribution is 6.29. The molecule has 0 bridgehead atoms. The van der Waals surface area contributed by atoms with E-state index in [1.54, 1.807) is 0 Å². The Labute approximate surface area is 99.7 Å². The highest BCUT2D eigenvalue weighted by Crippen LogP contribution is 2.08. The highest BCUT2D eigenvalue weighted by Gasteiger charge is 2.22. The fraction of sp³-hybridized carbons (Fsp3) is 0.800. The molecule has 0 aromatic carbocycles. The van der Waals surface area contributed by atoms with Crippen molar-refractivity contribution in [1.82, 2.24) is 4.90 Å². The van der Waals surface area contributed by atoms with Crippen LogP contribution >= 0.6 is 11.6 Å². The van der Waals surface area contributed by atoms with E-state index in [1.165, 1.54) is 12.0 Å². The van der Waals surface area contributed by atoms with Gasteiger partial charge in [-0.05, 0) is 5.92 Å². The van der Waals surface area contributed by atoms with Gasteiger partial charge in [-0.25, -0.2) is 4.39 Å². The Hall–Kier alpha value is -0.840. The van der Waals surface area contributed by atoms with Crippen LogP contribution in [-0.2, 0) is 14.3 Å². The van der Waals surface area contributed by atoms with E-state index in [1.807, 2.05) is 13.8 Å². The second-order valence-corrected chi connectivity index (χ2v) is 4.19. The molecule has 0 saturated carbocycles. The second-order valence-electron chi connectivity index (χ2n) is 3.80. The van der Waals surface area contributed by atoms with Gasteiger partial charge in [0.05, 0.1) is 13.5 Å². The van der Waals surface area contributed by atoms with Crippen LogP contribution in [-0.4, -0.2) is 42.6 Å². The van der Waals surface area contributed by atoms with Crippen molar-refractivity contribution in [2.75, 3.05) is 20.2 Å². The van der Waals surface area contributed by atoms with Gasteiger partial charge in [0.1, 0.15) is 0 Å². The molecule has 1 atom stereocenters. The predicted octanol–water partition coefficient (Wildman–Crippen LogP) is 1.57. The summed E-state index contributed by atoms with van der Waals surface area (Å²) in [7, 11) is 1.26. The summed E-state index contributed by atoms with van der Waals surface area (Å²) in [6, 6.07) is 0. The van der Waals surface area contributed by atoms with Crippen molar-refractivity contribution in [1.29, 1.82) is 0 Å². The van der Waals surface area contributed by atoms with E-state index < -0.39 is 17.5 Å². The lowest BCUT2D eigenvalue weighted by atomic mass is 10.2. The molecule has 0 aliphatic carbocycles. The SMILES string of the molecule is COC(=O)CCN(CC(C)C)C(=O)C(F)Cl. The quantitative estimate of drug-likeness (QED) is 0.533. The molecule has 94 valence electrons. The zero-order valence-corrected chi connectivity index (χ0v) is 10.5. The molecule has 0 aromatic heterocycles. The summed E-state index contributed by atoms with van der Waals surface area (Å²) in [6.07, 6.45) is 0.0402. The van der Waals surface area contributed by atoms with Gasteiger partial charge < -0.3 is 9.64 Å². The molecule has 0 spiro atoms. The molecule has 16 heavy (non-hydrogen) atoms. The maximum Gasteiger partial charge on any atom is 0.307 e. The van der Waals surface area contributed by atoms with Crippen LogP contribution in [0.4, 0.5) is 4.39 Å². The van der Waals surface area contributed by atoms with E-state index >= 15 is 0 Å². The maximum absolute atomic E-state index is 12.7. The first-order valence-corrected chi connectivity index (χ1v) is 5.45. The minimum absolute atomic E-state index is 0.0402. The van der Waals surface area contributed by atoms with Gasteiger partial charge in [0.25, 0.3) is 11.5 Å². The molecule has 1 amide bonds. The normalized spacial score (nSPS) is 12.4. The summed E-state index contributed by atoms with van der Waals surface area (Å²) >= 11 is 5.08. The zero-order chi connectivity index (χ0) is 12.7. The number of amides is 1. The number of ether oxygens (including phenoxy) is 1. The molecule has 0 fully saturated rings. The number of methoxy groups -OCH3 is 1. The van der Waals surface area contributed by atoms with Crippen molar-refractivity contribution in [3.63, 3.8) is 0 Å². The molecule has 0 heterocycles. The van der Waals surface area contributed by atoms with Crippen LogP contribution in [0.3, 0.4) is 0 Å². The van der Waals surface area contributed by atoms with Crippen LogP contribution in [0.25, 0.3) is 0 Å². The van der Waals surface area contributed by atoms with Crippen molar-refractivity contribution in [3.8, 4) is 0 Å². The number of carbonyl (C=O) groups excluding carboxylic acids is 2. The standard InChI is InChI=1S/C10H17ClFNO3/c1-7(2)6-13(10(15)9(11)12)5-4-8(14)16-3/h7,9H,4-6H2,1-3H3. The predicted molar refractivity (Wildman–Crippen MR) is 58.8 cm³/mol. The van der Waals surface area contributed by atoms with Crippen molar-refractivity contribution in [2.24, 2.45) is 5.92 Å². The summed E-state index contributed by atoms with van der Waals surface area (Å²) in [5.41, 5.74) is -2.06. The third kappa shape index (κ3) is 5.90. The molecule has 0 aliphatic rings. The topological polar surface area (TPSA) is 46.6 Å². The first-order valence-electron chi connectivity index (χ1n) is 5.02. The third-order valence-electron chi connectivity index (χ3n) is 1.90. The van der Waals surface area contributed by atoms with Gasteiger partial charge in [-0.15, -0.1) is 0 Å². The number of hydrogen-bond acceptors (Lipinski definition) is 3. The number of halogens is 2. The van der Waals surface area contributed by atoms with Crippen molar-refractivity contribution in [3.05, 3.63) is 0 Å². The van der Waals surface area contributed by atoms with E-state index in [2.05, 4.69) is 4.74 Å². The smallest absolute Gasteiger partial charge is 0.307 e. The molecular formula is C10H17ClFNO3. The summed E-state index contributed by atoms with van der Waals surface area (Å²) in [4.78, 5) is 23.5. The number of nitrogens with zero attached hydrogens (tertiary/aromatic N) is 1. The van der Waals surface area contributed by atoms with Crippen LogP contribution in [0, 0.1) is 5.92 Å². The van der Waals surface area contributed by atoms with Crippen LogP contribution in [0.5, 0.6) is 0 Å². The van der Waals surface area contributed by atoms with Crippen molar-refractivity contribution in [2.45, 2.75) is 25.9 Å². The highest BCUT2D eigenvalue weighted by atomic mass is 35.5. The molecular weight excluding hydrogens is 237 g/mol. The van der Waals surface area contributed by atoms with Gasteiger partial charge in [-0.3, -0.25) is 9.59 Å². The Kier molecular flexibility index (Phi) is 7.05. The molecule has 4 nitrogen and oxygen atoms in total. The van der Waals surface area contributed by atoms with Gasteiger partial charge in [-0.2, -0.15) is 0 Å². The summed E-state index contributed by atoms with van der Waals surface area (Å²) in [6.45, 7) is 4.26. The van der Waals surface area contributed by atoms with Crippen LogP contribution in [0.1, 0.15) is 20.3 Å². The summed E-state index contributed by atoms with van der Waals surface area (Å²) in [5.74, 6) is -1.07. The van der Waals surface area contributed by atoms with Crippen LogP contribution in [0.2, 0.25) is 0 Å². The first-order chi connectivity index (χ1) is 7.38. The number of hydrogen-bond donors (Lipinski definition) is 0. The molecule has 0 rings (SSSR count). The molecule has 0 saturated heterocycles. The van der Waals surface area contributed by atoms with Crippen LogP contribution in [0.15, 0.2) is 0 Å². The minimum atomic E-state index is -2.06. The number of carbonyl (C=O) groups is 2. The Morgan fingerprint density at radius 1 is 1.44 bits per heavy atom. The fourth-order valence-electron chi connectivity index (χ4n) is 1.20. The van der Waals surface area contributed by atoms with Crippen LogP contribution < -0.4 is 0 Å². The summed E-state index contributed by atoms with van der Waals surface area (Å²) < 4.78 is 17.1. The average Bonchev–Trinajstić information content (AvgIpc) is 2.21. The molecule has 6 heteroatoms. The molecule has 0 radical (unpaired) electrons. The van der Waals surface area contributed by atoms with Crippen molar-refractivity contribution >= 4 is 23.5 Å². The Morgan fingerprint density at radius 3 is 2.38 bits per heavy atom. The number of rotatable bonds is 6. The van der Waals surface area contributed by atoms with Gasteiger partial charge in [0, 0.05) is 13.1 Å². The number of esters is 1. The van der Waals surface area contributed by atoms with E-state index in [0.717, 1.165) is 0 Å². The minimum Gasteiger partial charge on any atom is -0.469 e. The lowest BCUT2D eigenvalue weighted by molar-refractivity contribution is -0.142. The van der Waals surface area contributed by atoms with Gasteiger partial charge in [0.15, 0.2) is 0 Å². The molecule has 1 unspecified atom stereocenters. The van der Waals surface area contributed by atoms with Gasteiger partial charge >= 0.3 is 5.97 Å². The monoisotopic (exact) mass is 253 g/mol. The van der Waals surface area contributed by atoms with Gasteiger partial charge in [0.2, 0.25) is 0 Å². The zero-order valence-electron chi connectivity index (χ0n) is 9.70. The lowest BCUT2D eigenvalue weighted by Gasteiger charge is -2.24. The lowest BCUT2D eigenvalue weighted by Crippen LogP contribution is -2.39. The second kappa shape index (κ2) is 7.44. The Morgan fingerprint density at radius 2 is 2.00 bits per heavy atom. The summed E-state index contributed by atoms with van der Waals surface area (Å²) in [5, 5.41) is 0. The van der Waals surface area contributed by atoms with Gasteiger partial charge in [-0.1, -0.05) is 25.4 Å². The van der Waals surface area contributed by atoms with E-state index in [0.29, 0.717) is 6.54 Å². The van der Waals surface area contributed by atoms with E-state index in [9.17, 15) is 14.0 Å². The first kappa shape index (κ1) is 15.2. The molecule has 0 N–H and O–H groups in total. The fourth-order valence-corrected chi connectivity index (χ4v) is 1.34. The molecule has 0 aromatic rings.